The second-order valence-electron chi connectivity index (χ2n) is 12.3. The van der Waals surface area contributed by atoms with Crippen LogP contribution in [0.4, 0.5) is 39.5 Å². The molecule has 12 heteroatoms. The molecule has 0 aliphatic carbocycles. The molecule has 0 spiro atoms. The van der Waals surface area contributed by atoms with E-state index >= 15 is 8.78 Å². The summed E-state index contributed by atoms with van der Waals surface area (Å²) in [7, 11) is 0. The number of benzene rings is 4. The van der Waals surface area contributed by atoms with Crippen molar-refractivity contribution in [2.45, 2.75) is 70.7 Å². The minimum absolute atomic E-state index is 0.0185. The summed E-state index contributed by atoms with van der Waals surface area (Å²) >= 11 is 0. The van der Waals surface area contributed by atoms with Crippen LogP contribution in [0.15, 0.2) is 60.7 Å². The fourth-order valence-corrected chi connectivity index (χ4v) is 5.92. The van der Waals surface area contributed by atoms with E-state index in [9.17, 15) is 30.7 Å². The van der Waals surface area contributed by atoms with Crippen molar-refractivity contribution in [3.8, 4) is 28.0 Å². The van der Waals surface area contributed by atoms with Gasteiger partial charge in [0.25, 0.3) is 0 Å². The van der Waals surface area contributed by atoms with Gasteiger partial charge in [-0.25, -0.2) is 30.7 Å². The molecule has 1 aliphatic heterocycles. The van der Waals surface area contributed by atoms with Crippen LogP contribution in [-0.4, -0.2) is 13.2 Å². The lowest BCUT2D eigenvalue weighted by Crippen LogP contribution is -2.27. The van der Waals surface area contributed by atoms with Gasteiger partial charge in [0.05, 0.1) is 13.2 Å². The van der Waals surface area contributed by atoms with Gasteiger partial charge in [0.15, 0.2) is 23.7 Å². The average Bonchev–Trinajstić information content (AvgIpc) is 3.06. The zero-order valence-electron chi connectivity index (χ0n) is 27.1. The Morgan fingerprint density at radius 2 is 1.16 bits per heavy atom. The van der Waals surface area contributed by atoms with Crippen molar-refractivity contribution in [2.75, 3.05) is 13.2 Å². The van der Waals surface area contributed by atoms with Gasteiger partial charge in [0.2, 0.25) is 0 Å². The van der Waals surface area contributed by atoms with Gasteiger partial charge >= 0.3 is 6.11 Å². The molecule has 1 heterocycles. The smallest absolute Gasteiger partial charge is 0.429 e. The number of hydrogen-bond acceptors (Lipinski definition) is 3. The molecule has 3 nitrogen and oxygen atoms in total. The molecule has 0 bridgehead atoms. The van der Waals surface area contributed by atoms with Crippen molar-refractivity contribution in [1.82, 2.24) is 0 Å². The van der Waals surface area contributed by atoms with E-state index in [0.29, 0.717) is 30.9 Å². The Kier molecular flexibility index (Phi) is 12.2. The Bertz CT molecular complexity index is 1740. The molecule has 0 radical (unpaired) electrons. The Hall–Kier alpha value is -4.03. The van der Waals surface area contributed by atoms with Crippen LogP contribution in [0, 0.1) is 46.6 Å². The van der Waals surface area contributed by atoms with Crippen LogP contribution in [0.2, 0.25) is 0 Å². The normalized spacial score (nSPS) is 16.5. The number of alkyl halides is 2. The summed E-state index contributed by atoms with van der Waals surface area (Å²) in [6.45, 7) is 3.16. The summed E-state index contributed by atoms with van der Waals surface area (Å²) in [4.78, 5) is 0. The minimum atomic E-state index is -4.81. The van der Waals surface area contributed by atoms with Crippen molar-refractivity contribution in [2.24, 2.45) is 5.92 Å². The van der Waals surface area contributed by atoms with Crippen LogP contribution in [0.3, 0.4) is 0 Å². The summed E-state index contributed by atoms with van der Waals surface area (Å²) in [6, 6.07) is 8.54. The van der Waals surface area contributed by atoms with Crippen LogP contribution < -0.4 is 4.74 Å². The van der Waals surface area contributed by atoms with Crippen molar-refractivity contribution in [3.63, 3.8) is 0 Å². The molecule has 268 valence electrons. The van der Waals surface area contributed by atoms with Crippen LogP contribution >= 0.6 is 0 Å². The van der Waals surface area contributed by atoms with E-state index < -0.39 is 75.6 Å². The van der Waals surface area contributed by atoms with Crippen molar-refractivity contribution >= 4 is 0 Å². The van der Waals surface area contributed by atoms with Crippen LogP contribution in [0.5, 0.6) is 5.75 Å². The van der Waals surface area contributed by atoms with Gasteiger partial charge in [-0.2, -0.15) is 8.78 Å². The second-order valence-corrected chi connectivity index (χ2v) is 12.3. The molecule has 1 aliphatic rings. The van der Waals surface area contributed by atoms with Crippen molar-refractivity contribution < 1.29 is 53.7 Å². The standard InChI is InChI=1S/C38H35F9O3/c1-2-3-4-5-6-7-8-9-22-20-48-37(49-21-22)24-11-13-27(30(40)15-24)23-10-12-28(29(39)14-23)25-16-31(41)35(32(42)17-25)38(46,47)50-26-18-33(43)36(45)34(44)19-26/h10-19,22,37H,2-9,20-21H2,1H3. The first-order valence-corrected chi connectivity index (χ1v) is 16.4. The van der Waals surface area contributed by atoms with Gasteiger partial charge in [-0.3, -0.25) is 0 Å². The third-order valence-electron chi connectivity index (χ3n) is 8.58. The summed E-state index contributed by atoms with van der Waals surface area (Å²) < 4.78 is 146. The highest BCUT2D eigenvalue weighted by molar-refractivity contribution is 5.72. The molecule has 0 amide bonds. The summed E-state index contributed by atoms with van der Waals surface area (Å²) in [6.07, 6.45) is 3.90. The molecule has 0 aromatic heterocycles. The number of unbranched alkanes of at least 4 members (excludes halogenated alkanes) is 6. The molecule has 50 heavy (non-hydrogen) atoms. The molecule has 0 saturated carbocycles. The largest absolute Gasteiger partial charge is 0.432 e. The third kappa shape index (κ3) is 8.81. The number of ether oxygens (including phenoxy) is 3. The summed E-state index contributed by atoms with van der Waals surface area (Å²) in [5, 5.41) is 0. The van der Waals surface area contributed by atoms with Crippen molar-refractivity contribution in [1.29, 1.82) is 0 Å². The molecular formula is C38H35F9O3. The van der Waals surface area contributed by atoms with Crippen LogP contribution in [0.25, 0.3) is 22.3 Å². The van der Waals surface area contributed by atoms with E-state index in [2.05, 4.69) is 11.7 Å². The highest BCUT2D eigenvalue weighted by Gasteiger charge is 2.41. The predicted octanol–water partition coefficient (Wildman–Crippen LogP) is 11.9. The SMILES string of the molecule is CCCCCCCCCC1COC(c2ccc(-c3ccc(-c4cc(F)c(C(F)(F)Oc5cc(F)c(F)c(F)c5)c(F)c4)c(F)c3)c(F)c2)OC1. The Balaban J connectivity index is 1.23. The van der Waals surface area contributed by atoms with Gasteiger partial charge in [0, 0.05) is 34.7 Å². The van der Waals surface area contributed by atoms with Gasteiger partial charge in [0.1, 0.15) is 34.6 Å². The van der Waals surface area contributed by atoms with Gasteiger partial charge in [-0.1, -0.05) is 76.1 Å². The van der Waals surface area contributed by atoms with E-state index in [-0.39, 0.29) is 29.2 Å². The number of halogens is 9. The maximum Gasteiger partial charge on any atom is 0.432 e. The quantitative estimate of drug-likeness (QED) is 0.0741. The zero-order valence-corrected chi connectivity index (χ0v) is 27.1. The average molecular weight is 711 g/mol. The second kappa shape index (κ2) is 16.3. The monoisotopic (exact) mass is 710 g/mol. The third-order valence-corrected chi connectivity index (χ3v) is 8.58. The molecule has 1 fully saturated rings. The Labute approximate surface area is 284 Å². The predicted molar refractivity (Wildman–Crippen MR) is 169 cm³/mol. The molecule has 0 unspecified atom stereocenters. The molecule has 4 aromatic carbocycles. The maximum absolute atomic E-state index is 15.3. The molecule has 5 rings (SSSR count). The first-order valence-electron chi connectivity index (χ1n) is 16.4. The minimum Gasteiger partial charge on any atom is -0.429 e. The Morgan fingerprint density at radius 1 is 0.620 bits per heavy atom. The Morgan fingerprint density at radius 3 is 1.76 bits per heavy atom. The van der Waals surface area contributed by atoms with Crippen LogP contribution in [0.1, 0.15) is 75.7 Å². The van der Waals surface area contributed by atoms with Gasteiger partial charge in [-0.05, 0) is 41.8 Å². The summed E-state index contributed by atoms with van der Waals surface area (Å²) in [5.41, 5.74) is -2.25. The molecular weight excluding hydrogens is 675 g/mol. The topological polar surface area (TPSA) is 27.7 Å². The lowest BCUT2D eigenvalue weighted by Gasteiger charge is -2.29. The molecule has 1 saturated heterocycles. The molecule has 4 aromatic rings. The number of rotatable bonds is 14. The van der Waals surface area contributed by atoms with Gasteiger partial charge < -0.3 is 14.2 Å². The lowest BCUT2D eigenvalue weighted by molar-refractivity contribution is -0.206. The first kappa shape index (κ1) is 37.2. The molecule has 0 N–H and O–H groups in total. The highest BCUT2D eigenvalue weighted by Crippen LogP contribution is 2.39. The van der Waals surface area contributed by atoms with E-state index in [1.165, 1.54) is 56.7 Å². The number of hydrogen-bond donors (Lipinski definition) is 0. The zero-order chi connectivity index (χ0) is 36.0. The summed E-state index contributed by atoms with van der Waals surface area (Å²) in [5.74, 6) is -12.1. The van der Waals surface area contributed by atoms with E-state index in [0.717, 1.165) is 25.0 Å². The molecule has 0 atom stereocenters. The lowest BCUT2D eigenvalue weighted by atomic mass is 9.97. The van der Waals surface area contributed by atoms with E-state index in [4.69, 9.17) is 9.47 Å². The van der Waals surface area contributed by atoms with Crippen molar-refractivity contribution in [3.05, 3.63) is 113 Å². The van der Waals surface area contributed by atoms with Gasteiger partial charge in [-0.15, -0.1) is 0 Å². The highest BCUT2D eigenvalue weighted by atomic mass is 19.3. The first-order chi connectivity index (χ1) is 23.9. The maximum atomic E-state index is 15.3. The van der Waals surface area contributed by atoms with E-state index in [1.807, 2.05) is 0 Å². The fourth-order valence-electron chi connectivity index (χ4n) is 5.92. The fraction of sp³-hybridized carbons (Fsp3) is 0.368. The van der Waals surface area contributed by atoms with Crippen LogP contribution in [-0.2, 0) is 15.6 Å². The van der Waals surface area contributed by atoms with E-state index in [1.54, 1.807) is 6.07 Å².